The topological polar surface area (TPSA) is 113 Å². The number of hydrogen-bond donors (Lipinski definition) is 2. The largest absolute Gasteiger partial charge is 0.461 e. The van der Waals surface area contributed by atoms with E-state index in [9.17, 15) is 9.65 Å². The maximum absolute atomic E-state index is 15.0. The van der Waals surface area contributed by atoms with E-state index >= 15 is 4.39 Å². The number of nitrogens with one attached hydrogen (secondary N) is 1. The quantitative estimate of drug-likeness (QED) is 0.314. The minimum absolute atomic E-state index is 0.283. The zero-order chi connectivity index (χ0) is 30.4. The number of alkyl halides is 1. The second-order valence-corrected chi connectivity index (χ2v) is 14.2. The Bertz CT molecular complexity index is 1910. The van der Waals surface area contributed by atoms with E-state index in [0.29, 0.717) is 65.5 Å². The Morgan fingerprint density at radius 3 is 2.80 bits per heavy atom. The van der Waals surface area contributed by atoms with Crippen LogP contribution < -0.4 is 20.7 Å². The molecule has 4 saturated heterocycles. The summed E-state index contributed by atoms with van der Waals surface area (Å²) in [4.78, 5) is 14.8. The maximum atomic E-state index is 15.0. The molecule has 7 heterocycles. The van der Waals surface area contributed by atoms with Crippen molar-refractivity contribution in [2.75, 3.05) is 43.4 Å². The number of piperazine rings is 1. The van der Waals surface area contributed by atoms with Crippen LogP contribution in [0, 0.1) is 17.1 Å². The van der Waals surface area contributed by atoms with Crippen molar-refractivity contribution < 1.29 is 18.3 Å². The highest BCUT2D eigenvalue weighted by Gasteiger charge is 2.49. The van der Waals surface area contributed by atoms with Gasteiger partial charge < -0.3 is 25.4 Å². The van der Waals surface area contributed by atoms with Crippen molar-refractivity contribution in [3.8, 4) is 23.2 Å². The summed E-state index contributed by atoms with van der Waals surface area (Å²) in [7, 11) is 0. The number of ether oxygens (including phenoxy) is 2. The summed E-state index contributed by atoms with van der Waals surface area (Å²) in [6.07, 6.45) is 3.71. The van der Waals surface area contributed by atoms with Gasteiger partial charge >= 0.3 is 6.01 Å². The summed E-state index contributed by atoms with van der Waals surface area (Å²) >= 11 is 1.09. The van der Waals surface area contributed by atoms with Gasteiger partial charge in [0, 0.05) is 48.9 Å². The van der Waals surface area contributed by atoms with E-state index in [1.807, 2.05) is 6.07 Å². The normalized spacial score (nSPS) is 27.4. The second-order valence-electron chi connectivity index (χ2n) is 13.2. The summed E-state index contributed by atoms with van der Waals surface area (Å²) < 4.78 is 42.4. The summed E-state index contributed by atoms with van der Waals surface area (Å²) in [5.41, 5.74) is 10.4. The molecule has 5 aliphatic rings. The number of fused-ring (bicyclic) bond motifs is 7. The Morgan fingerprint density at radius 2 is 1.98 bits per heavy atom. The molecule has 4 aromatic rings. The molecule has 0 spiro atoms. The van der Waals surface area contributed by atoms with Gasteiger partial charge in [0.2, 0.25) is 0 Å². The highest BCUT2D eigenvalue weighted by atomic mass is 32.1. The first-order valence-corrected chi connectivity index (χ1v) is 16.6. The summed E-state index contributed by atoms with van der Waals surface area (Å²) in [6.45, 7) is 4.23. The predicted molar refractivity (Wildman–Crippen MR) is 169 cm³/mol. The highest BCUT2D eigenvalue weighted by molar-refractivity contribution is 7.23. The van der Waals surface area contributed by atoms with Crippen molar-refractivity contribution in [2.24, 2.45) is 0 Å². The number of nitrogens with two attached hydrogens (primary N) is 1. The Kier molecular flexibility index (Phi) is 6.26. The Balaban J connectivity index is 1.24. The van der Waals surface area contributed by atoms with E-state index in [1.54, 1.807) is 6.07 Å². The first kappa shape index (κ1) is 27.7. The fourth-order valence-corrected chi connectivity index (χ4v) is 9.69. The second kappa shape index (κ2) is 10.2. The van der Waals surface area contributed by atoms with Gasteiger partial charge in [-0.25, -0.2) is 8.78 Å². The van der Waals surface area contributed by atoms with Crippen LogP contribution in [0.4, 0.5) is 19.6 Å². The zero-order valence-corrected chi connectivity index (χ0v) is 25.6. The molecular weight excluding hydrogens is 596 g/mol. The van der Waals surface area contributed by atoms with Gasteiger partial charge in [-0.3, -0.25) is 4.90 Å². The molecule has 5 aliphatic heterocycles. The third-order valence-corrected chi connectivity index (χ3v) is 11.8. The number of nitriles is 1. The van der Waals surface area contributed by atoms with Gasteiger partial charge in [-0.2, -0.15) is 15.2 Å². The maximum Gasteiger partial charge on any atom is 0.319 e. The Hall–Kier alpha value is -3.63. The average Bonchev–Trinajstić information content (AvgIpc) is 3.83. The predicted octanol–water partition coefficient (Wildman–Crippen LogP) is 5.03. The van der Waals surface area contributed by atoms with Crippen molar-refractivity contribution in [1.82, 2.24) is 20.2 Å². The molecule has 4 atom stereocenters. The monoisotopic (exact) mass is 629 g/mol. The molecule has 12 heteroatoms. The van der Waals surface area contributed by atoms with Crippen LogP contribution >= 0.6 is 11.3 Å². The number of nitrogen functional groups attached to an aromatic ring is 1. The fraction of sp³-hybridized carbons (Fsp3) is 0.485. The molecule has 3 N–H and O–H groups in total. The average molecular weight is 630 g/mol. The van der Waals surface area contributed by atoms with E-state index in [0.717, 1.165) is 90.1 Å². The molecule has 9 rings (SSSR count). The van der Waals surface area contributed by atoms with Crippen LogP contribution in [0.15, 0.2) is 18.2 Å². The summed E-state index contributed by atoms with van der Waals surface area (Å²) in [6, 6.07) is 8.27. The highest BCUT2D eigenvalue weighted by Crippen LogP contribution is 2.47. The molecule has 4 fully saturated rings. The van der Waals surface area contributed by atoms with Crippen LogP contribution in [0.1, 0.15) is 48.8 Å². The van der Waals surface area contributed by atoms with Crippen LogP contribution in [0.5, 0.6) is 6.01 Å². The lowest BCUT2D eigenvalue weighted by Crippen LogP contribution is -2.52. The van der Waals surface area contributed by atoms with Crippen molar-refractivity contribution in [2.45, 2.75) is 69.1 Å². The van der Waals surface area contributed by atoms with Crippen LogP contribution in [0.3, 0.4) is 0 Å². The molecule has 0 saturated carbocycles. The number of rotatable bonds is 5. The fourth-order valence-electron chi connectivity index (χ4n) is 8.74. The van der Waals surface area contributed by atoms with Gasteiger partial charge in [-0.15, -0.1) is 11.3 Å². The number of nitrogens with zero attached hydrogens (tertiary/aromatic N) is 5. The van der Waals surface area contributed by atoms with Crippen molar-refractivity contribution in [3.05, 3.63) is 40.7 Å². The summed E-state index contributed by atoms with van der Waals surface area (Å²) in [5.74, 6) is 0.451. The number of aromatic nitrogens is 2. The van der Waals surface area contributed by atoms with E-state index in [-0.39, 0.29) is 17.1 Å². The number of hydrogen-bond acceptors (Lipinski definition) is 10. The molecule has 0 amide bonds. The first-order chi connectivity index (χ1) is 21.9. The number of thiophene rings is 1. The van der Waals surface area contributed by atoms with Gasteiger partial charge in [-0.1, -0.05) is 6.07 Å². The van der Waals surface area contributed by atoms with Crippen molar-refractivity contribution >= 4 is 43.1 Å². The molecule has 0 radical (unpaired) electrons. The first-order valence-electron chi connectivity index (χ1n) is 15.8. The lowest BCUT2D eigenvalue weighted by Gasteiger charge is -2.37. The van der Waals surface area contributed by atoms with Gasteiger partial charge in [0.05, 0.1) is 34.5 Å². The van der Waals surface area contributed by atoms with Gasteiger partial charge in [-0.05, 0) is 66.6 Å². The molecule has 9 nitrogen and oxygen atoms in total. The van der Waals surface area contributed by atoms with Crippen LogP contribution in [-0.2, 0) is 18.0 Å². The SMILES string of the molecule is N#Cc1c(N)sc2c(F)ccc(-c3cc4nc(OC[C@@]56CCCN5C[C@H](F)C6)nc(N5C6CCC5CNC6)c4c4c3COC4)c12. The van der Waals surface area contributed by atoms with E-state index < -0.39 is 12.0 Å². The van der Waals surface area contributed by atoms with Crippen molar-refractivity contribution in [3.63, 3.8) is 0 Å². The Labute approximate surface area is 262 Å². The lowest BCUT2D eigenvalue weighted by atomic mass is 9.91. The minimum Gasteiger partial charge on any atom is -0.461 e. The third kappa shape index (κ3) is 4.10. The molecule has 232 valence electrons. The third-order valence-electron chi connectivity index (χ3n) is 10.7. The smallest absolute Gasteiger partial charge is 0.319 e. The van der Waals surface area contributed by atoms with E-state index in [1.165, 1.54) is 6.07 Å². The molecule has 2 bridgehead atoms. The minimum atomic E-state index is -0.847. The van der Waals surface area contributed by atoms with Crippen molar-refractivity contribution in [1.29, 1.82) is 5.26 Å². The van der Waals surface area contributed by atoms with Gasteiger partial charge in [0.1, 0.15) is 35.5 Å². The van der Waals surface area contributed by atoms with E-state index in [4.69, 9.17) is 25.2 Å². The molecule has 2 aromatic heterocycles. The van der Waals surface area contributed by atoms with Gasteiger partial charge in [0.25, 0.3) is 0 Å². The standard InChI is InChI=1S/C33H33F2N7O2S/c34-17-9-33(6-1-7-41(33)13-17)16-44-32-39-26-8-21(20-4-5-25(35)29-27(20)22(10-36)30(37)45-29)23-14-43-15-24(23)28(26)31(40-32)42-18-2-3-19(42)12-38-11-18/h4-5,8,17-19,38H,1-3,6-7,9,11-16,37H2/t17-,18?,19?,33+/m1/s1. The lowest BCUT2D eigenvalue weighted by molar-refractivity contribution is 0.107. The van der Waals surface area contributed by atoms with E-state index in [2.05, 4.69) is 21.2 Å². The molecule has 0 aliphatic carbocycles. The molecule has 2 aromatic carbocycles. The molecule has 2 unspecified atom stereocenters. The summed E-state index contributed by atoms with van der Waals surface area (Å²) in [5, 5.41) is 15.3. The van der Waals surface area contributed by atoms with Gasteiger partial charge in [0.15, 0.2) is 0 Å². The van der Waals surface area contributed by atoms with Crippen LogP contribution in [0.2, 0.25) is 0 Å². The Morgan fingerprint density at radius 1 is 1.16 bits per heavy atom. The molecule has 45 heavy (non-hydrogen) atoms. The zero-order valence-electron chi connectivity index (χ0n) is 24.7. The number of anilines is 2. The molecular formula is C33H33F2N7O2S. The number of halogens is 2. The van der Waals surface area contributed by atoms with Crippen LogP contribution in [-0.4, -0.2) is 71.4 Å². The number of benzene rings is 2. The van der Waals surface area contributed by atoms with Crippen LogP contribution in [0.25, 0.3) is 32.1 Å².